The van der Waals surface area contributed by atoms with Crippen LogP contribution in [0.5, 0.6) is 5.75 Å². The number of hydrogen-bond acceptors (Lipinski definition) is 4. The number of rotatable bonds is 5. The van der Waals surface area contributed by atoms with Gasteiger partial charge in [0.1, 0.15) is 11.6 Å². The lowest BCUT2D eigenvalue weighted by molar-refractivity contribution is 0.282. The van der Waals surface area contributed by atoms with E-state index in [-0.39, 0.29) is 6.61 Å². The van der Waals surface area contributed by atoms with Gasteiger partial charge in [0.2, 0.25) is 0 Å². The second kappa shape index (κ2) is 6.02. The van der Waals surface area contributed by atoms with Crippen LogP contribution >= 0.6 is 0 Å². The summed E-state index contributed by atoms with van der Waals surface area (Å²) < 4.78 is 5.10. The van der Waals surface area contributed by atoms with E-state index in [1.165, 1.54) is 0 Å². The normalized spacial score (nSPS) is 10.1. The smallest absolute Gasteiger partial charge is 0.131 e. The van der Waals surface area contributed by atoms with Gasteiger partial charge in [0, 0.05) is 18.3 Å². The molecule has 2 aromatic rings. The Bertz CT molecular complexity index is 497. The Morgan fingerprint density at radius 1 is 1.22 bits per heavy atom. The molecule has 0 aliphatic heterocycles. The second-order valence-electron chi connectivity index (χ2n) is 3.87. The zero-order chi connectivity index (χ0) is 12.8. The van der Waals surface area contributed by atoms with Gasteiger partial charge in [-0.05, 0) is 23.8 Å². The first-order chi connectivity index (χ1) is 8.83. The monoisotopic (exact) mass is 244 g/mol. The van der Waals surface area contributed by atoms with Gasteiger partial charge in [-0.2, -0.15) is 0 Å². The second-order valence-corrected chi connectivity index (χ2v) is 3.87. The van der Waals surface area contributed by atoms with Crippen LogP contribution in [0.3, 0.4) is 0 Å². The van der Waals surface area contributed by atoms with E-state index in [1.54, 1.807) is 13.3 Å². The number of hydrogen-bond donors (Lipinski definition) is 2. The lowest BCUT2D eigenvalue weighted by Gasteiger charge is -2.09. The van der Waals surface area contributed by atoms with Crippen molar-refractivity contribution in [2.24, 2.45) is 0 Å². The molecule has 0 saturated heterocycles. The zero-order valence-corrected chi connectivity index (χ0v) is 10.3. The summed E-state index contributed by atoms with van der Waals surface area (Å²) >= 11 is 0. The summed E-state index contributed by atoms with van der Waals surface area (Å²) in [5.41, 5.74) is 1.93. The minimum absolute atomic E-state index is 0.0151. The fourth-order valence-corrected chi connectivity index (χ4v) is 1.65. The molecule has 0 spiro atoms. The molecule has 18 heavy (non-hydrogen) atoms. The highest BCUT2D eigenvalue weighted by Crippen LogP contribution is 2.15. The minimum atomic E-state index is -0.0151. The minimum Gasteiger partial charge on any atom is -0.497 e. The number of ether oxygens (including phenoxy) is 1. The molecule has 0 bridgehead atoms. The van der Waals surface area contributed by atoms with Crippen LogP contribution in [0.2, 0.25) is 0 Å². The lowest BCUT2D eigenvalue weighted by atomic mass is 10.2. The third kappa shape index (κ3) is 2.99. The van der Waals surface area contributed by atoms with Crippen LogP contribution in [-0.2, 0) is 13.2 Å². The molecule has 0 atom stereocenters. The van der Waals surface area contributed by atoms with Gasteiger partial charge in [0.05, 0.1) is 13.7 Å². The van der Waals surface area contributed by atoms with Crippen LogP contribution in [0.4, 0.5) is 5.82 Å². The first-order valence-electron chi connectivity index (χ1n) is 5.75. The van der Waals surface area contributed by atoms with Crippen molar-refractivity contribution in [2.45, 2.75) is 13.2 Å². The average Bonchev–Trinajstić information content (AvgIpc) is 2.46. The molecule has 0 saturated carbocycles. The van der Waals surface area contributed by atoms with Gasteiger partial charge >= 0.3 is 0 Å². The molecule has 0 aliphatic carbocycles. The average molecular weight is 244 g/mol. The molecule has 1 aromatic heterocycles. The summed E-state index contributed by atoms with van der Waals surface area (Å²) in [5.74, 6) is 1.56. The quantitative estimate of drug-likeness (QED) is 0.846. The van der Waals surface area contributed by atoms with Crippen molar-refractivity contribution in [3.8, 4) is 5.75 Å². The van der Waals surface area contributed by atoms with Crippen molar-refractivity contribution in [1.82, 2.24) is 4.98 Å². The summed E-state index contributed by atoms with van der Waals surface area (Å²) in [6.45, 7) is 0.646. The molecular formula is C14H16N2O2. The molecule has 2 N–H and O–H groups in total. The summed E-state index contributed by atoms with van der Waals surface area (Å²) in [7, 11) is 1.65. The number of benzene rings is 1. The van der Waals surface area contributed by atoms with Gasteiger partial charge in [-0.1, -0.05) is 18.2 Å². The maximum absolute atomic E-state index is 9.19. The molecule has 0 fully saturated rings. The van der Waals surface area contributed by atoms with Crippen molar-refractivity contribution in [3.05, 3.63) is 53.7 Å². The highest BCUT2D eigenvalue weighted by Gasteiger charge is 2.01. The molecule has 0 unspecified atom stereocenters. The van der Waals surface area contributed by atoms with Gasteiger partial charge in [-0.25, -0.2) is 4.98 Å². The molecule has 0 aliphatic rings. The maximum Gasteiger partial charge on any atom is 0.131 e. The van der Waals surface area contributed by atoms with E-state index in [1.807, 2.05) is 36.4 Å². The predicted molar refractivity (Wildman–Crippen MR) is 70.5 cm³/mol. The van der Waals surface area contributed by atoms with Crippen molar-refractivity contribution < 1.29 is 9.84 Å². The van der Waals surface area contributed by atoms with Crippen molar-refractivity contribution >= 4 is 5.82 Å². The zero-order valence-electron chi connectivity index (χ0n) is 10.3. The Balaban J connectivity index is 2.02. The topological polar surface area (TPSA) is 54.4 Å². The van der Waals surface area contributed by atoms with E-state index in [4.69, 9.17) is 4.74 Å². The number of aliphatic hydroxyl groups is 1. The van der Waals surface area contributed by atoms with Crippen LogP contribution in [0.1, 0.15) is 11.1 Å². The molecule has 0 amide bonds. The highest BCUT2D eigenvalue weighted by atomic mass is 16.5. The summed E-state index contributed by atoms with van der Waals surface area (Å²) in [6, 6.07) is 11.5. The first-order valence-corrected chi connectivity index (χ1v) is 5.75. The number of nitrogens with zero attached hydrogens (tertiary/aromatic N) is 1. The van der Waals surface area contributed by atoms with E-state index >= 15 is 0 Å². The van der Waals surface area contributed by atoms with E-state index in [0.29, 0.717) is 6.54 Å². The van der Waals surface area contributed by atoms with Crippen molar-refractivity contribution in [2.75, 3.05) is 12.4 Å². The Morgan fingerprint density at radius 3 is 2.67 bits per heavy atom. The first kappa shape index (κ1) is 12.4. The van der Waals surface area contributed by atoms with E-state index in [0.717, 1.165) is 22.7 Å². The van der Waals surface area contributed by atoms with E-state index in [9.17, 15) is 5.11 Å². The molecule has 4 nitrogen and oxygen atoms in total. The fraction of sp³-hybridized carbons (Fsp3) is 0.214. The van der Waals surface area contributed by atoms with Crippen LogP contribution < -0.4 is 10.1 Å². The molecule has 4 heteroatoms. The highest BCUT2D eigenvalue weighted by molar-refractivity contribution is 5.44. The van der Waals surface area contributed by atoms with Gasteiger partial charge in [0.25, 0.3) is 0 Å². The largest absolute Gasteiger partial charge is 0.497 e. The molecule has 94 valence electrons. The van der Waals surface area contributed by atoms with Gasteiger partial charge in [-0.15, -0.1) is 0 Å². The number of aromatic nitrogens is 1. The Hall–Kier alpha value is -2.07. The Kier molecular flexibility index (Phi) is 4.15. The van der Waals surface area contributed by atoms with Crippen LogP contribution in [0.15, 0.2) is 42.6 Å². The van der Waals surface area contributed by atoms with Gasteiger partial charge in [0.15, 0.2) is 0 Å². The molecule has 0 radical (unpaired) electrons. The summed E-state index contributed by atoms with van der Waals surface area (Å²) in [5, 5.41) is 12.4. The third-order valence-corrected chi connectivity index (χ3v) is 2.68. The fourth-order valence-electron chi connectivity index (χ4n) is 1.65. The number of aliphatic hydroxyl groups excluding tert-OH is 1. The number of methoxy groups -OCH3 is 1. The summed E-state index contributed by atoms with van der Waals surface area (Å²) in [6.07, 6.45) is 1.70. The van der Waals surface area contributed by atoms with Gasteiger partial charge < -0.3 is 15.2 Å². The van der Waals surface area contributed by atoms with Crippen molar-refractivity contribution in [3.63, 3.8) is 0 Å². The summed E-state index contributed by atoms with van der Waals surface area (Å²) in [4.78, 5) is 4.20. The van der Waals surface area contributed by atoms with E-state index in [2.05, 4.69) is 10.3 Å². The van der Waals surface area contributed by atoms with Crippen LogP contribution in [0.25, 0.3) is 0 Å². The number of pyridine rings is 1. The molecular weight excluding hydrogens is 228 g/mol. The molecule has 1 heterocycles. The maximum atomic E-state index is 9.19. The van der Waals surface area contributed by atoms with E-state index < -0.39 is 0 Å². The van der Waals surface area contributed by atoms with Crippen LogP contribution in [0, 0.1) is 0 Å². The van der Waals surface area contributed by atoms with Crippen LogP contribution in [-0.4, -0.2) is 17.2 Å². The van der Waals surface area contributed by atoms with Crippen molar-refractivity contribution in [1.29, 1.82) is 0 Å². The van der Waals surface area contributed by atoms with Gasteiger partial charge in [-0.3, -0.25) is 0 Å². The Morgan fingerprint density at radius 2 is 2.00 bits per heavy atom. The lowest BCUT2D eigenvalue weighted by Crippen LogP contribution is -2.04. The number of anilines is 1. The number of nitrogens with one attached hydrogen (secondary N) is 1. The Labute approximate surface area is 106 Å². The molecule has 1 aromatic carbocycles. The predicted octanol–water partition coefficient (Wildman–Crippen LogP) is 2.19. The SMILES string of the molecule is COc1ccc(CNc2ncccc2CO)cc1. The molecule has 2 rings (SSSR count). The standard InChI is InChI=1S/C14H16N2O2/c1-18-13-6-4-11(5-7-13)9-16-14-12(10-17)3-2-8-15-14/h2-8,17H,9-10H2,1H3,(H,15,16). The third-order valence-electron chi connectivity index (χ3n) is 2.68.